The van der Waals surface area contributed by atoms with Gasteiger partial charge in [0.05, 0.1) is 25.4 Å². The van der Waals surface area contributed by atoms with E-state index in [2.05, 4.69) is 0 Å². The minimum Gasteiger partial charge on any atom is -0.508 e. The van der Waals surface area contributed by atoms with E-state index >= 15 is 0 Å². The molecule has 0 aliphatic heterocycles. The molecule has 5 nitrogen and oxygen atoms in total. The van der Waals surface area contributed by atoms with Crippen LogP contribution < -0.4 is 0 Å². The highest BCUT2D eigenvalue weighted by Crippen LogP contribution is 2.02. The number of aliphatic hydroxyl groups excluding tert-OH is 4. The first kappa shape index (κ1) is 18.2. The molecule has 0 fully saturated rings. The molecule has 100 valence electrons. The number of aliphatic hydroxyl groups is 4. The van der Waals surface area contributed by atoms with Crippen LogP contribution in [0.25, 0.3) is 0 Å². The van der Waals surface area contributed by atoms with Crippen LogP contribution in [0.4, 0.5) is 0 Å². The molecule has 1 aromatic carbocycles. The zero-order valence-electron chi connectivity index (χ0n) is 10.2. The van der Waals surface area contributed by atoms with E-state index in [1.165, 1.54) is 13.8 Å². The lowest BCUT2D eigenvalue weighted by Gasteiger charge is -1.90. The highest BCUT2D eigenvalue weighted by molar-refractivity contribution is 5.18. The molecule has 0 saturated heterocycles. The molecule has 5 N–H and O–H groups in total. The van der Waals surface area contributed by atoms with Crippen molar-refractivity contribution in [2.45, 2.75) is 26.1 Å². The van der Waals surface area contributed by atoms with Crippen LogP contribution >= 0.6 is 0 Å². The summed E-state index contributed by atoms with van der Waals surface area (Å²) < 4.78 is 0. The maximum atomic E-state index is 8.63. The number of phenolic OH excluding ortho intramolecular Hbond substituents is 1. The maximum absolute atomic E-state index is 8.63. The Bertz CT molecular complexity index is 228. The molecule has 2 unspecified atom stereocenters. The number of phenols is 1. The van der Waals surface area contributed by atoms with E-state index in [4.69, 9.17) is 25.5 Å². The van der Waals surface area contributed by atoms with Crippen LogP contribution in [0.1, 0.15) is 13.8 Å². The van der Waals surface area contributed by atoms with Crippen molar-refractivity contribution in [3.63, 3.8) is 0 Å². The number of para-hydroxylation sites is 1. The fraction of sp³-hybridized carbons (Fsp3) is 0.500. The summed E-state index contributed by atoms with van der Waals surface area (Å²) >= 11 is 0. The molecule has 5 heteroatoms. The molecule has 0 aromatic heterocycles. The molecule has 0 amide bonds. The SMILES string of the molecule is CC(O)CO.CC(O)CO.Oc1ccccc1. The minimum atomic E-state index is -0.560. The summed E-state index contributed by atoms with van der Waals surface area (Å²) in [5.41, 5.74) is 0. The molecule has 0 heterocycles. The lowest BCUT2D eigenvalue weighted by Crippen LogP contribution is -2.03. The Morgan fingerprint density at radius 3 is 1.29 bits per heavy atom. The topological polar surface area (TPSA) is 101 Å². The second kappa shape index (κ2) is 12.9. The van der Waals surface area contributed by atoms with E-state index in [0.29, 0.717) is 5.75 Å². The molecule has 0 spiro atoms. The number of rotatable bonds is 2. The second-order valence-electron chi connectivity index (χ2n) is 3.40. The van der Waals surface area contributed by atoms with Crippen molar-refractivity contribution < 1.29 is 25.5 Å². The van der Waals surface area contributed by atoms with Crippen LogP contribution in [0.3, 0.4) is 0 Å². The number of aromatic hydroxyl groups is 1. The van der Waals surface area contributed by atoms with Gasteiger partial charge in [0.1, 0.15) is 5.75 Å². The summed E-state index contributed by atoms with van der Waals surface area (Å²) in [5.74, 6) is 0.322. The quantitative estimate of drug-likeness (QED) is 0.510. The first-order valence-electron chi connectivity index (χ1n) is 5.25. The van der Waals surface area contributed by atoms with Gasteiger partial charge in [-0.2, -0.15) is 0 Å². The number of benzene rings is 1. The van der Waals surface area contributed by atoms with Crippen LogP contribution in [0.5, 0.6) is 5.75 Å². The zero-order chi connectivity index (χ0) is 13.7. The molecule has 0 radical (unpaired) electrons. The molecule has 0 aliphatic rings. The van der Waals surface area contributed by atoms with E-state index in [9.17, 15) is 0 Å². The smallest absolute Gasteiger partial charge is 0.115 e. The minimum absolute atomic E-state index is 0.139. The van der Waals surface area contributed by atoms with Gasteiger partial charge < -0.3 is 25.5 Å². The van der Waals surface area contributed by atoms with Gasteiger partial charge in [-0.3, -0.25) is 0 Å². The van der Waals surface area contributed by atoms with Gasteiger partial charge in [-0.05, 0) is 26.0 Å². The van der Waals surface area contributed by atoms with Gasteiger partial charge in [0.2, 0.25) is 0 Å². The third-order valence-corrected chi connectivity index (χ3v) is 1.28. The van der Waals surface area contributed by atoms with E-state index in [0.717, 1.165) is 0 Å². The Kier molecular flexibility index (Phi) is 13.9. The average molecular weight is 246 g/mol. The third kappa shape index (κ3) is 20.8. The number of hydrogen-bond acceptors (Lipinski definition) is 5. The van der Waals surface area contributed by atoms with Crippen LogP contribution in [-0.2, 0) is 0 Å². The molecular formula is C12H22O5. The molecule has 17 heavy (non-hydrogen) atoms. The summed E-state index contributed by atoms with van der Waals surface area (Å²) in [6.07, 6.45) is -1.12. The van der Waals surface area contributed by atoms with E-state index in [1.54, 1.807) is 24.3 Å². The maximum Gasteiger partial charge on any atom is 0.115 e. The van der Waals surface area contributed by atoms with Crippen molar-refractivity contribution >= 4 is 0 Å². The van der Waals surface area contributed by atoms with Crippen LogP contribution in [-0.4, -0.2) is 51.0 Å². The highest BCUT2D eigenvalue weighted by atomic mass is 16.3. The van der Waals surface area contributed by atoms with E-state index in [-0.39, 0.29) is 13.2 Å². The number of hydrogen-bond donors (Lipinski definition) is 5. The summed E-state index contributed by atoms with van der Waals surface area (Å²) in [5, 5.41) is 40.6. The predicted octanol–water partition coefficient (Wildman–Crippen LogP) is 0.111. The van der Waals surface area contributed by atoms with Crippen molar-refractivity contribution in [3.8, 4) is 5.75 Å². The summed E-state index contributed by atoms with van der Waals surface area (Å²) in [6, 6.07) is 8.71. The van der Waals surface area contributed by atoms with Gasteiger partial charge in [0.15, 0.2) is 0 Å². The van der Waals surface area contributed by atoms with Crippen LogP contribution in [0.15, 0.2) is 30.3 Å². The van der Waals surface area contributed by atoms with Gasteiger partial charge in [0.25, 0.3) is 0 Å². The van der Waals surface area contributed by atoms with E-state index < -0.39 is 12.2 Å². The largest absolute Gasteiger partial charge is 0.508 e. The Balaban J connectivity index is 0. The van der Waals surface area contributed by atoms with Gasteiger partial charge >= 0.3 is 0 Å². The first-order chi connectivity index (χ1) is 7.93. The summed E-state index contributed by atoms with van der Waals surface area (Å²) in [7, 11) is 0. The predicted molar refractivity (Wildman–Crippen MR) is 65.6 cm³/mol. The fourth-order valence-corrected chi connectivity index (χ4v) is 0.428. The summed E-state index contributed by atoms with van der Waals surface area (Å²) in [6.45, 7) is 2.78. The molecule has 0 bridgehead atoms. The third-order valence-electron chi connectivity index (χ3n) is 1.28. The van der Waals surface area contributed by atoms with Crippen LogP contribution in [0, 0.1) is 0 Å². The Morgan fingerprint density at radius 2 is 1.18 bits per heavy atom. The fourth-order valence-electron chi connectivity index (χ4n) is 0.428. The second-order valence-corrected chi connectivity index (χ2v) is 3.40. The molecule has 0 saturated carbocycles. The average Bonchev–Trinajstić information content (AvgIpc) is 2.31. The van der Waals surface area contributed by atoms with Crippen molar-refractivity contribution in [2.24, 2.45) is 0 Å². The van der Waals surface area contributed by atoms with Crippen LogP contribution in [0.2, 0.25) is 0 Å². The lowest BCUT2D eigenvalue weighted by molar-refractivity contribution is 0.110. The van der Waals surface area contributed by atoms with Crippen molar-refractivity contribution in [2.75, 3.05) is 13.2 Å². The Hall–Kier alpha value is -1.14. The van der Waals surface area contributed by atoms with Crippen molar-refractivity contribution in [3.05, 3.63) is 30.3 Å². The van der Waals surface area contributed by atoms with Gasteiger partial charge in [0, 0.05) is 0 Å². The molecule has 2 atom stereocenters. The molecule has 1 rings (SSSR count). The Morgan fingerprint density at radius 1 is 0.882 bits per heavy atom. The standard InChI is InChI=1S/C6H6O.2C3H8O2/c7-6-4-2-1-3-5-6;2*1-3(5)2-4/h1-5,7H;2*3-5H,2H2,1H3. The van der Waals surface area contributed by atoms with E-state index in [1.807, 2.05) is 6.07 Å². The Labute approximate surface area is 102 Å². The normalized spacial score (nSPS) is 12.4. The summed E-state index contributed by atoms with van der Waals surface area (Å²) in [4.78, 5) is 0. The lowest BCUT2D eigenvalue weighted by atomic mass is 10.3. The highest BCUT2D eigenvalue weighted by Gasteiger charge is 1.83. The van der Waals surface area contributed by atoms with Crippen molar-refractivity contribution in [1.82, 2.24) is 0 Å². The van der Waals surface area contributed by atoms with Gasteiger partial charge in [-0.1, -0.05) is 18.2 Å². The first-order valence-corrected chi connectivity index (χ1v) is 5.25. The van der Waals surface area contributed by atoms with Gasteiger partial charge in [-0.15, -0.1) is 0 Å². The molecule has 0 aliphatic carbocycles. The zero-order valence-corrected chi connectivity index (χ0v) is 10.2. The van der Waals surface area contributed by atoms with Crippen molar-refractivity contribution in [1.29, 1.82) is 0 Å². The van der Waals surface area contributed by atoms with Gasteiger partial charge in [-0.25, -0.2) is 0 Å². The molecular weight excluding hydrogens is 224 g/mol. The molecule has 1 aromatic rings. The monoisotopic (exact) mass is 246 g/mol.